The lowest BCUT2D eigenvalue weighted by molar-refractivity contribution is -0.135. The lowest BCUT2D eigenvalue weighted by atomic mass is 9.91. The number of nitrogens with zero attached hydrogens (tertiary/aromatic N) is 5. The van der Waals surface area contributed by atoms with E-state index in [-0.39, 0.29) is 23.5 Å². The van der Waals surface area contributed by atoms with E-state index < -0.39 is 5.60 Å². The number of aryl methyl sites for hydroxylation is 1. The average molecular weight is 458 g/mol. The van der Waals surface area contributed by atoms with Crippen LogP contribution in [0.15, 0.2) is 78.1 Å². The number of aromatic nitrogens is 4. The standard InChI is InChI=1S/C26H27N5O3/c32-22(12-11-20-7-3-1-4-8-20)29-15-13-26(34,14-16-29)17-30-18-28-24-23(25(30)33)27-19-31(24)21-9-5-2-6-10-21/h1-10,18-19,34H,11-17H2. The molecule has 1 saturated heterocycles. The maximum absolute atomic E-state index is 13.1. The van der Waals surface area contributed by atoms with Gasteiger partial charge in [-0.15, -0.1) is 0 Å². The molecule has 2 aromatic heterocycles. The van der Waals surface area contributed by atoms with Gasteiger partial charge in [0, 0.05) is 25.2 Å². The summed E-state index contributed by atoms with van der Waals surface area (Å²) in [5.41, 5.74) is 1.41. The maximum Gasteiger partial charge on any atom is 0.281 e. The molecule has 0 spiro atoms. The summed E-state index contributed by atoms with van der Waals surface area (Å²) in [6, 6.07) is 19.5. The van der Waals surface area contributed by atoms with E-state index in [1.165, 1.54) is 10.9 Å². The van der Waals surface area contributed by atoms with Gasteiger partial charge in [-0.3, -0.25) is 18.7 Å². The highest BCUT2D eigenvalue weighted by Gasteiger charge is 2.34. The molecule has 34 heavy (non-hydrogen) atoms. The average Bonchev–Trinajstić information content (AvgIpc) is 3.31. The summed E-state index contributed by atoms with van der Waals surface area (Å²) in [4.78, 5) is 36.2. The summed E-state index contributed by atoms with van der Waals surface area (Å²) in [6.45, 7) is 1.06. The van der Waals surface area contributed by atoms with E-state index in [9.17, 15) is 14.7 Å². The number of para-hydroxylation sites is 1. The molecule has 0 radical (unpaired) electrons. The Morgan fingerprint density at radius 3 is 2.32 bits per heavy atom. The molecule has 0 saturated carbocycles. The SMILES string of the molecule is O=C(CCc1ccccc1)N1CCC(O)(Cn2cnc3c(ncn3-c3ccccc3)c2=O)CC1. The van der Waals surface area contributed by atoms with Gasteiger partial charge in [0.1, 0.15) is 12.7 Å². The predicted octanol–water partition coefficient (Wildman–Crippen LogP) is 2.57. The van der Waals surface area contributed by atoms with Gasteiger partial charge in [0.2, 0.25) is 5.91 Å². The molecule has 2 aromatic carbocycles. The molecule has 0 atom stereocenters. The van der Waals surface area contributed by atoms with E-state index in [4.69, 9.17) is 0 Å². The number of amides is 1. The fourth-order valence-corrected chi connectivity index (χ4v) is 4.52. The Bertz CT molecular complexity index is 1340. The Balaban J connectivity index is 1.24. The van der Waals surface area contributed by atoms with Crippen LogP contribution in [-0.4, -0.2) is 53.7 Å². The van der Waals surface area contributed by atoms with Crippen molar-refractivity contribution in [2.75, 3.05) is 13.1 Å². The van der Waals surface area contributed by atoms with E-state index in [0.717, 1.165) is 11.3 Å². The molecule has 4 aromatic rings. The Labute approximate surface area is 197 Å². The molecule has 1 fully saturated rings. The molecule has 0 unspecified atom stereocenters. The highest BCUT2D eigenvalue weighted by molar-refractivity contribution is 5.76. The first-order chi connectivity index (χ1) is 16.5. The van der Waals surface area contributed by atoms with Gasteiger partial charge < -0.3 is 10.0 Å². The Hall–Kier alpha value is -3.78. The van der Waals surface area contributed by atoms with Crippen LogP contribution in [0, 0.1) is 0 Å². The van der Waals surface area contributed by atoms with Crippen molar-refractivity contribution in [1.82, 2.24) is 24.0 Å². The zero-order valence-electron chi connectivity index (χ0n) is 18.9. The third-order valence-electron chi connectivity index (χ3n) is 6.54. The van der Waals surface area contributed by atoms with Crippen LogP contribution < -0.4 is 5.56 Å². The second kappa shape index (κ2) is 9.23. The largest absolute Gasteiger partial charge is 0.388 e. The van der Waals surface area contributed by atoms with Crippen molar-refractivity contribution >= 4 is 17.1 Å². The first kappa shape index (κ1) is 22.0. The lowest BCUT2D eigenvalue weighted by Crippen LogP contribution is -2.49. The number of piperidine rings is 1. The van der Waals surface area contributed by atoms with Crippen molar-refractivity contribution in [2.24, 2.45) is 0 Å². The first-order valence-electron chi connectivity index (χ1n) is 11.5. The number of benzene rings is 2. The number of hydrogen-bond donors (Lipinski definition) is 1. The summed E-state index contributed by atoms with van der Waals surface area (Å²) < 4.78 is 3.20. The molecule has 3 heterocycles. The summed E-state index contributed by atoms with van der Waals surface area (Å²) in [5.74, 6) is 0.0950. The number of fused-ring (bicyclic) bond motifs is 1. The third kappa shape index (κ3) is 4.49. The minimum Gasteiger partial charge on any atom is -0.388 e. The maximum atomic E-state index is 13.1. The number of carbonyl (C=O) groups is 1. The number of carbonyl (C=O) groups excluding carboxylic acids is 1. The molecular formula is C26H27N5O3. The minimum absolute atomic E-state index is 0.0950. The van der Waals surface area contributed by atoms with Crippen LogP contribution in [-0.2, 0) is 17.8 Å². The van der Waals surface area contributed by atoms with E-state index >= 15 is 0 Å². The van der Waals surface area contributed by atoms with Gasteiger partial charge in [-0.1, -0.05) is 48.5 Å². The van der Waals surface area contributed by atoms with E-state index in [1.807, 2.05) is 65.6 Å². The minimum atomic E-state index is -1.07. The number of aliphatic hydroxyl groups is 1. The molecule has 1 amide bonds. The molecule has 1 aliphatic heterocycles. The first-order valence-corrected chi connectivity index (χ1v) is 11.5. The Morgan fingerprint density at radius 2 is 1.62 bits per heavy atom. The van der Waals surface area contributed by atoms with Crippen molar-refractivity contribution in [1.29, 1.82) is 0 Å². The summed E-state index contributed by atoms with van der Waals surface area (Å²) in [6.07, 6.45) is 5.04. The number of hydrogen-bond acceptors (Lipinski definition) is 5. The lowest BCUT2D eigenvalue weighted by Gasteiger charge is -2.38. The molecule has 0 bridgehead atoms. The zero-order valence-corrected chi connectivity index (χ0v) is 18.9. The molecule has 1 N–H and O–H groups in total. The monoisotopic (exact) mass is 457 g/mol. The topological polar surface area (TPSA) is 93.2 Å². The van der Waals surface area contributed by atoms with E-state index in [0.29, 0.717) is 44.4 Å². The van der Waals surface area contributed by atoms with Crippen LogP contribution in [0.5, 0.6) is 0 Å². The van der Waals surface area contributed by atoms with Crippen LogP contribution in [0.3, 0.4) is 0 Å². The summed E-state index contributed by atoms with van der Waals surface area (Å²) >= 11 is 0. The highest BCUT2D eigenvalue weighted by atomic mass is 16.3. The molecule has 0 aliphatic carbocycles. The van der Waals surface area contributed by atoms with Gasteiger partial charge in [0.15, 0.2) is 11.2 Å². The number of imidazole rings is 1. The van der Waals surface area contributed by atoms with E-state index in [2.05, 4.69) is 9.97 Å². The fourth-order valence-electron chi connectivity index (χ4n) is 4.52. The van der Waals surface area contributed by atoms with Crippen molar-refractivity contribution in [2.45, 2.75) is 37.8 Å². The van der Waals surface area contributed by atoms with Crippen LogP contribution in [0.4, 0.5) is 0 Å². The van der Waals surface area contributed by atoms with Gasteiger partial charge >= 0.3 is 0 Å². The fraction of sp³-hybridized carbons (Fsp3) is 0.308. The Kier molecular flexibility index (Phi) is 5.98. The van der Waals surface area contributed by atoms with Crippen molar-refractivity contribution in [3.05, 3.63) is 89.2 Å². The molecule has 1 aliphatic rings. The zero-order chi connectivity index (χ0) is 23.5. The van der Waals surface area contributed by atoms with Gasteiger partial charge in [-0.05, 0) is 37.0 Å². The van der Waals surface area contributed by atoms with Gasteiger partial charge in [0.05, 0.1) is 12.1 Å². The third-order valence-corrected chi connectivity index (χ3v) is 6.54. The molecule has 174 valence electrons. The van der Waals surface area contributed by atoms with Crippen LogP contribution in [0.25, 0.3) is 16.9 Å². The quantitative estimate of drug-likeness (QED) is 0.480. The van der Waals surface area contributed by atoms with Crippen molar-refractivity contribution in [3.8, 4) is 5.69 Å². The van der Waals surface area contributed by atoms with Crippen molar-refractivity contribution in [3.63, 3.8) is 0 Å². The van der Waals surface area contributed by atoms with Gasteiger partial charge in [-0.2, -0.15) is 0 Å². The van der Waals surface area contributed by atoms with Crippen molar-refractivity contribution < 1.29 is 9.90 Å². The van der Waals surface area contributed by atoms with Crippen LogP contribution >= 0.6 is 0 Å². The molecule has 8 heteroatoms. The molecular weight excluding hydrogens is 430 g/mol. The molecule has 5 rings (SSSR count). The number of rotatable bonds is 6. The second-order valence-corrected chi connectivity index (χ2v) is 8.89. The summed E-state index contributed by atoms with van der Waals surface area (Å²) in [7, 11) is 0. The Morgan fingerprint density at radius 1 is 0.941 bits per heavy atom. The van der Waals surface area contributed by atoms with Crippen LogP contribution in [0.2, 0.25) is 0 Å². The smallest absolute Gasteiger partial charge is 0.281 e. The predicted molar refractivity (Wildman–Crippen MR) is 129 cm³/mol. The summed E-state index contributed by atoms with van der Waals surface area (Å²) in [5, 5.41) is 11.2. The second-order valence-electron chi connectivity index (χ2n) is 8.89. The van der Waals surface area contributed by atoms with Gasteiger partial charge in [-0.25, -0.2) is 9.97 Å². The molecule has 8 nitrogen and oxygen atoms in total. The van der Waals surface area contributed by atoms with E-state index in [1.54, 1.807) is 10.9 Å². The van der Waals surface area contributed by atoms with Crippen LogP contribution in [0.1, 0.15) is 24.8 Å². The number of likely N-dealkylation sites (tertiary alicyclic amines) is 1. The normalized spacial score (nSPS) is 15.5. The van der Waals surface area contributed by atoms with Gasteiger partial charge in [0.25, 0.3) is 5.56 Å². The highest BCUT2D eigenvalue weighted by Crippen LogP contribution is 2.25.